The maximum absolute atomic E-state index is 13.0. The van der Waals surface area contributed by atoms with E-state index in [0.29, 0.717) is 19.5 Å². The maximum Gasteiger partial charge on any atom is 0.410 e. The SMILES string of the molecule is CC(C)(C)OC(=O)N1CC2(CCCC2)CCC1CN1C[C@H](O)C[C@H]1C(N)=O. The van der Waals surface area contributed by atoms with E-state index in [-0.39, 0.29) is 17.6 Å². The van der Waals surface area contributed by atoms with Crippen molar-refractivity contribution in [3.8, 4) is 0 Å². The van der Waals surface area contributed by atoms with Gasteiger partial charge in [0.15, 0.2) is 0 Å². The second-order valence-electron chi connectivity index (χ2n) is 9.77. The first-order valence-electron chi connectivity index (χ1n) is 10.3. The van der Waals surface area contributed by atoms with E-state index in [0.717, 1.165) is 19.4 Å². The monoisotopic (exact) mass is 381 g/mol. The van der Waals surface area contributed by atoms with Gasteiger partial charge in [0.25, 0.3) is 0 Å². The van der Waals surface area contributed by atoms with Crippen molar-refractivity contribution in [1.29, 1.82) is 0 Å². The largest absolute Gasteiger partial charge is 0.444 e. The summed E-state index contributed by atoms with van der Waals surface area (Å²) in [6, 6.07) is -0.471. The molecular formula is C20H35N3O4. The third-order valence-corrected chi connectivity index (χ3v) is 6.40. The molecular weight excluding hydrogens is 346 g/mol. The molecule has 1 saturated carbocycles. The van der Waals surface area contributed by atoms with Gasteiger partial charge in [0.05, 0.1) is 12.1 Å². The Balaban J connectivity index is 1.75. The third-order valence-electron chi connectivity index (χ3n) is 6.40. The van der Waals surface area contributed by atoms with Gasteiger partial charge >= 0.3 is 6.09 Å². The molecule has 1 aliphatic carbocycles. The van der Waals surface area contributed by atoms with Crippen LogP contribution in [0.15, 0.2) is 0 Å². The van der Waals surface area contributed by atoms with E-state index in [1.165, 1.54) is 25.7 Å². The van der Waals surface area contributed by atoms with Crippen molar-refractivity contribution in [1.82, 2.24) is 9.80 Å². The summed E-state index contributed by atoms with van der Waals surface area (Å²) < 4.78 is 5.70. The van der Waals surface area contributed by atoms with Crippen LogP contribution in [0.2, 0.25) is 0 Å². The van der Waals surface area contributed by atoms with E-state index >= 15 is 0 Å². The summed E-state index contributed by atoms with van der Waals surface area (Å²) in [5.74, 6) is -0.404. The summed E-state index contributed by atoms with van der Waals surface area (Å²) in [6.07, 6.45) is 6.38. The molecule has 0 radical (unpaired) electrons. The highest BCUT2D eigenvalue weighted by atomic mass is 16.6. The van der Waals surface area contributed by atoms with Crippen molar-refractivity contribution in [3.63, 3.8) is 0 Å². The predicted molar refractivity (Wildman–Crippen MR) is 102 cm³/mol. The number of nitrogens with zero attached hydrogens (tertiary/aromatic N) is 2. The Bertz CT molecular complexity index is 568. The minimum Gasteiger partial charge on any atom is -0.444 e. The van der Waals surface area contributed by atoms with Crippen LogP contribution in [-0.4, -0.2) is 70.3 Å². The summed E-state index contributed by atoms with van der Waals surface area (Å²) in [7, 11) is 0. The number of piperidine rings is 1. The lowest BCUT2D eigenvalue weighted by Gasteiger charge is -2.46. The minimum absolute atomic E-state index is 0.0155. The number of ether oxygens (including phenoxy) is 1. The molecule has 3 aliphatic rings. The van der Waals surface area contributed by atoms with E-state index in [1.807, 2.05) is 30.6 Å². The van der Waals surface area contributed by atoms with Crippen molar-refractivity contribution in [3.05, 3.63) is 0 Å². The van der Waals surface area contributed by atoms with Crippen molar-refractivity contribution in [2.75, 3.05) is 19.6 Å². The second kappa shape index (κ2) is 7.59. The van der Waals surface area contributed by atoms with E-state index in [9.17, 15) is 14.7 Å². The van der Waals surface area contributed by atoms with E-state index in [2.05, 4.69) is 0 Å². The lowest BCUT2D eigenvalue weighted by molar-refractivity contribution is -0.122. The molecule has 154 valence electrons. The van der Waals surface area contributed by atoms with Gasteiger partial charge in [-0.1, -0.05) is 12.8 Å². The van der Waals surface area contributed by atoms with Gasteiger partial charge < -0.3 is 20.5 Å². The Kier molecular flexibility index (Phi) is 5.73. The van der Waals surface area contributed by atoms with Gasteiger partial charge in [-0.3, -0.25) is 9.69 Å². The zero-order valence-corrected chi connectivity index (χ0v) is 16.9. The van der Waals surface area contributed by atoms with Gasteiger partial charge in [0, 0.05) is 25.7 Å². The zero-order valence-electron chi connectivity index (χ0n) is 16.9. The van der Waals surface area contributed by atoms with Crippen LogP contribution in [0, 0.1) is 5.41 Å². The van der Waals surface area contributed by atoms with Crippen LogP contribution < -0.4 is 5.73 Å². The number of carbonyl (C=O) groups excluding carboxylic acids is 2. The maximum atomic E-state index is 13.0. The normalized spacial score (nSPS) is 31.4. The average Bonchev–Trinajstić information content (AvgIpc) is 3.14. The topological polar surface area (TPSA) is 96.1 Å². The third kappa shape index (κ3) is 4.74. The van der Waals surface area contributed by atoms with Crippen LogP contribution in [0.4, 0.5) is 4.79 Å². The highest BCUT2D eigenvalue weighted by molar-refractivity contribution is 5.80. The van der Waals surface area contributed by atoms with Gasteiger partial charge in [0.1, 0.15) is 5.60 Å². The van der Waals surface area contributed by atoms with Crippen molar-refractivity contribution in [2.45, 2.75) is 89.5 Å². The Morgan fingerprint density at radius 1 is 1.22 bits per heavy atom. The number of amides is 2. The smallest absolute Gasteiger partial charge is 0.410 e. The number of β-amino-alcohol motifs (C(OH)–C–C–N with tert-alkyl or cyclic N) is 1. The molecule has 1 unspecified atom stereocenters. The molecule has 3 atom stereocenters. The van der Waals surface area contributed by atoms with Gasteiger partial charge in [-0.15, -0.1) is 0 Å². The van der Waals surface area contributed by atoms with Crippen LogP contribution in [0.25, 0.3) is 0 Å². The van der Waals surface area contributed by atoms with Gasteiger partial charge in [-0.25, -0.2) is 4.79 Å². The number of primary amides is 1. The lowest BCUT2D eigenvalue weighted by atomic mass is 9.76. The number of carbonyl (C=O) groups is 2. The molecule has 1 spiro atoms. The number of rotatable bonds is 3. The molecule has 3 fully saturated rings. The lowest BCUT2D eigenvalue weighted by Crippen LogP contribution is -2.56. The molecule has 2 amide bonds. The summed E-state index contributed by atoms with van der Waals surface area (Å²) in [5.41, 5.74) is 5.21. The van der Waals surface area contributed by atoms with E-state index < -0.39 is 23.7 Å². The summed E-state index contributed by atoms with van der Waals surface area (Å²) in [4.78, 5) is 28.6. The van der Waals surface area contributed by atoms with Crippen LogP contribution in [0.3, 0.4) is 0 Å². The minimum atomic E-state index is -0.540. The summed E-state index contributed by atoms with van der Waals surface area (Å²) in [5, 5.41) is 9.99. The molecule has 3 rings (SSSR count). The number of aliphatic hydroxyl groups is 1. The standard InChI is InChI=1S/C20H35N3O4/c1-19(2,3)27-18(26)23-13-20(7-4-5-8-20)9-6-14(23)11-22-12-15(24)10-16(22)17(21)25/h14-16,24H,4-13H2,1-3H3,(H2,21,25)/t14?,15-,16+/m1/s1. The zero-order chi connectivity index (χ0) is 19.8. The fraction of sp³-hybridized carbons (Fsp3) is 0.900. The molecule has 2 aliphatic heterocycles. The quantitative estimate of drug-likeness (QED) is 0.778. The molecule has 0 aromatic rings. The number of hydrogen-bond donors (Lipinski definition) is 2. The predicted octanol–water partition coefficient (Wildman–Crippen LogP) is 1.87. The number of hydrogen-bond acceptors (Lipinski definition) is 5. The van der Waals surface area contributed by atoms with E-state index in [4.69, 9.17) is 10.5 Å². The van der Waals surface area contributed by atoms with Crippen molar-refractivity contribution in [2.24, 2.45) is 11.1 Å². The fourth-order valence-corrected chi connectivity index (χ4v) is 5.10. The number of nitrogens with two attached hydrogens (primary N) is 1. The molecule has 7 heteroatoms. The highest BCUT2D eigenvalue weighted by Crippen LogP contribution is 2.46. The molecule has 2 saturated heterocycles. The Morgan fingerprint density at radius 3 is 2.48 bits per heavy atom. The first-order valence-corrected chi connectivity index (χ1v) is 10.3. The van der Waals surface area contributed by atoms with Crippen molar-refractivity contribution >= 4 is 12.0 Å². The molecule has 27 heavy (non-hydrogen) atoms. The van der Waals surface area contributed by atoms with Crippen LogP contribution in [0.1, 0.15) is 65.7 Å². The van der Waals surface area contributed by atoms with E-state index in [1.54, 1.807) is 0 Å². The first kappa shape index (κ1) is 20.4. The Labute approximate surface area is 162 Å². The summed E-state index contributed by atoms with van der Waals surface area (Å²) >= 11 is 0. The number of likely N-dealkylation sites (tertiary alicyclic amines) is 2. The molecule has 7 nitrogen and oxygen atoms in total. The Hall–Kier alpha value is -1.34. The van der Waals surface area contributed by atoms with Gasteiger partial charge in [-0.05, 0) is 58.3 Å². The van der Waals surface area contributed by atoms with Gasteiger partial charge in [-0.2, -0.15) is 0 Å². The van der Waals surface area contributed by atoms with Crippen molar-refractivity contribution < 1.29 is 19.4 Å². The molecule has 0 aromatic carbocycles. The second-order valence-corrected chi connectivity index (χ2v) is 9.77. The summed E-state index contributed by atoms with van der Waals surface area (Å²) in [6.45, 7) is 7.36. The molecule has 2 heterocycles. The molecule has 0 aromatic heterocycles. The molecule has 3 N–H and O–H groups in total. The Morgan fingerprint density at radius 2 is 1.89 bits per heavy atom. The first-order chi connectivity index (χ1) is 12.6. The molecule has 0 bridgehead atoms. The van der Waals surface area contributed by atoms with Crippen LogP contribution in [-0.2, 0) is 9.53 Å². The van der Waals surface area contributed by atoms with Crippen LogP contribution in [0.5, 0.6) is 0 Å². The average molecular weight is 382 g/mol. The van der Waals surface area contributed by atoms with Crippen LogP contribution >= 0.6 is 0 Å². The number of aliphatic hydroxyl groups excluding tert-OH is 1. The fourth-order valence-electron chi connectivity index (χ4n) is 5.10. The highest BCUT2D eigenvalue weighted by Gasteiger charge is 2.46. The van der Waals surface area contributed by atoms with Gasteiger partial charge in [0.2, 0.25) is 5.91 Å².